The van der Waals surface area contributed by atoms with E-state index in [0.29, 0.717) is 6.54 Å². The average molecular weight is 317 g/mol. The van der Waals surface area contributed by atoms with E-state index in [1.807, 2.05) is 0 Å². The first-order chi connectivity index (χ1) is 10.0. The second kappa shape index (κ2) is 8.46. The number of piperidine rings is 1. The van der Waals surface area contributed by atoms with Gasteiger partial charge in [0.25, 0.3) is 0 Å². The van der Waals surface area contributed by atoms with Crippen LogP contribution in [0.25, 0.3) is 0 Å². The third-order valence-electron chi connectivity index (χ3n) is 4.71. The standard InChI is InChI=1S/C15H31N3O2S/c1-21(19,20)16-8-13-17-11-6-15(7-12-17)14-18-9-4-2-3-5-10-18/h15-16H,2-14H2,1H3. The van der Waals surface area contributed by atoms with Crippen LogP contribution in [-0.2, 0) is 10.0 Å². The van der Waals surface area contributed by atoms with E-state index in [4.69, 9.17) is 0 Å². The number of likely N-dealkylation sites (tertiary alicyclic amines) is 2. The van der Waals surface area contributed by atoms with Gasteiger partial charge in [0.2, 0.25) is 10.0 Å². The van der Waals surface area contributed by atoms with Crippen molar-refractivity contribution >= 4 is 10.0 Å². The van der Waals surface area contributed by atoms with Crippen LogP contribution in [0.15, 0.2) is 0 Å². The zero-order chi connectivity index (χ0) is 15.1. The first-order valence-corrected chi connectivity index (χ1v) is 10.3. The van der Waals surface area contributed by atoms with E-state index >= 15 is 0 Å². The molecule has 0 aromatic rings. The summed E-state index contributed by atoms with van der Waals surface area (Å²) in [5.41, 5.74) is 0. The van der Waals surface area contributed by atoms with Crippen molar-refractivity contribution in [3.63, 3.8) is 0 Å². The lowest BCUT2D eigenvalue weighted by atomic mass is 9.96. The fourth-order valence-corrected chi connectivity index (χ4v) is 3.93. The van der Waals surface area contributed by atoms with Gasteiger partial charge in [-0.15, -0.1) is 0 Å². The maximum atomic E-state index is 11.0. The highest BCUT2D eigenvalue weighted by Gasteiger charge is 2.21. The summed E-state index contributed by atoms with van der Waals surface area (Å²) in [6.45, 7) is 7.46. The van der Waals surface area contributed by atoms with Crippen molar-refractivity contribution in [3.05, 3.63) is 0 Å². The summed E-state index contributed by atoms with van der Waals surface area (Å²) in [6.07, 6.45) is 9.29. The van der Waals surface area contributed by atoms with Crippen LogP contribution in [0.2, 0.25) is 0 Å². The molecule has 0 spiro atoms. The first kappa shape index (κ1) is 17.2. The molecule has 0 aromatic heterocycles. The summed E-state index contributed by atoms with van der Waals surface area (Å²) >= 11 is 0. The maximum Gasteiger partial charge on any atom is 0.208 e. The van der Waals surface area contributed by atoms with E-state index in [0.717, 1.165) is 25.6 Å². The van der Waals surface area contributed by atoms with Crippen molar-refractivity contribution in [1.82, 2.24) is 14.5 Å². The topological polar surface area (TPSA) is 52.7 Å². The Labute approximate surface area is 130 Å². The molecule has 124 valence electrons. The van der Waals surface area contributed by atoms with E-state index in [9.17, 15) is 8.42 Å². The predicted octanol–water partition coefficient (Wildman–Crippen LogP) is 1.12. The minimum atomic E-state index is -3.04. The summed E-state index contributed by atoms with van der Waals surface area (Å²) < 4.78 is 24.7. The highest BCUT2D eigenvalue weighted by atomic mass is 32.2. The molecular formula is C15H31N3O2S. The Balaban J connectivity index is 1.61. The molecule has 2 aliphatic heterocycles. The van der Waals surface area contributed by atoms with Crippen molar-refractivity contribution in [2.75, 3.05) is 52.1 Å². The Morgan fingerprint density at radius 3 is 2.14 bits per heavy atom. The summed E-state index contributed by atoms with van der Waals surface area (Å²) in [5, 5.41) is 0. The monoisotopic (exact) mass is 317 g/mol. The van der Waals surface area contributed by atoms with Gasteiger partial charge in [0.05, 0.1) is 6.26 Å². The van der Waals surface area contributed by atoms with Gasteiger partial charge >= 0.3 is 0 Å². The lowest BCUT2D eigenvalue weighted by Crippen LogP contribution is -2.42. The number of rotatable bonds is 6. The molecule has 2 saturated heterocycles. The Kier molecular flexibility index (Phi) is 6.92. The van der Waals surface area contributed by atoms with Crippen LogP contribution in [0.5, 0.6) is 0 Å². The minimum Gasteiger partial charge on any atom is -0.303 e. The van der Waals surface area contributed by atoms with Gasteiger partial charge in [-0.2, -0.15) is 0 Å². The van der Waals surface area contributed by atoms with Crippen molar-refractivity contribution in [2.24, 2.45) is 5.92 Å². The molecule has 2 fully saturated rings. The fourth-order valence-electron chi connectivity index (χ4n) is 3.47. The second-order valence-corrected chi connectivity index (χ2v) is 8.50. The molecule has 0 bridgehead atoms. The van der Waals surface area contributed by atoms with Gasteiger partial charge in [-0.3, -0.25) is 0 Å². The Hall–Kier alpha value is -0.170. The molecule has 2 aliphatic rings. The number of hydrogen-bond acceptors (Lipinski definition) is 4. The van der Waals surface area contributed by atoms with Crippen LogP contribution in [0.1, 0.15) is 38.5 Å². The van der Waals surface area contributed by atoms with Crippen molar-refractivity contribution < 1.29 is 8.42 Å². The van der Waals surface area contributed by atoms with E-state index in [1.54, 1.807) is 0 Å². The summed E-state index contributed by atoms with van der Waals surface area (Å²) in [4.78, 5) is 5.05. The van der Waals surface area contributed by atoms with Crippen LogP contribution >= 0.6 is 0 Å². The molecule has 0 saturated carbocycles. The largest absolute Gasteiger partial charge is 0.303 e. The summed E-state index contributed by atoms with van der Waals surface area (Å²) in [6, 6.07) is 0. The number of hydrogen-bond donors (Lipinski definition) is 1. The predicted molar refractivity (Wildman–Crippen MR) is 86.9 cm³/mol. The third kappa shape index (κ3) is 7.08. The minimum absolute atomic E-state index is 0.537. The molecule has 0 aliphatic carbocycles. The molecular weight excluding hydrogens is 286 g/mol. The van der Waals surface area contributed by atoms with Gasteiger partial charge in [0.1, 0.15) is 0 Å². The van der Waals surface area contributed by atoms with E-state index in [2.05, 4.69) is 14.5 Å². The average Bonchev–Trinajstić information content (AvgIpc) is 2.68. The van der Waals surface area contributed by atoms with Gasteiger partial charge in [0, 0.05) is 19.6 Å². The number of sulfonamides is 1. The quantitative estimate of drug-likeness (QED) is 0.798. The third-order valence-corrected chi connectivity index (χ3v) is 5.44. The number of nitrogens with zero attached hydrogens (tertiary/aromatic N) is 2. The molecule has 21 heavy (non-hydrogen) atoms. The van der Waals surface area contributed by atoms with Crippen LogP contribution in [-0.4, -0.2) is 70.3 Å². The molecule has 0 aromatic carbocycles. The van der Waals surface area contributed by atoms with Gasteiger partial charge < -0.3 is 9.80 Å². The lowest BCUT2D eigenvalue weighted by Gasteiger charge is -2.34. The SMILES string of the molecule is CS(=O)(=O)NCCN1CCC(CN2CCCCCC2)CC1. The lowest BCUT2D eigenvalue weighted by molar-refractivity contribution is 0.146. The highest BCUT2D eigenvalue weighted by molar-refractivity contribution is 7.88. The molecule has 6 heteroatoms. The van der Waals surface area contributed by atoms with Crippen molar-refractivity contribution in [2.45, 2.75) is 38.5 Å². The number of nitrogens with one attached hydrogen (secondary N) is 1. The fraction of sp³-hybridized carbons (Fsp3) is 1.00. The molecule has 5 nitrogen and oxygen atoms in total. The van der Waals surface area contributed by atoms with E-state index in [-0.39, 0.29) is 0 Å². The van der Waals surface area contributed by atoms with Crippen LogP contribution < -0.4 is 4.72 Å². The molecule has 0 radical (unpaired) electrons. The zero-order valence-electron chi connectivity index (χ0n) is 13.4. The zero-order valence-corrected chi connectivity index (χ0v) is 14.2. The van der Waals surface area contributed by atoms with Crippen LogP contribution in [0.3, 0.4) is 0 Å². The Morgan fingerprint density at radius 1 is 0.952 bits per heavy atom. The van der Waals surface area contributed by atoms with Crippen LogP contribution in [0.4, 0.5) is 0 Å². The normalized spacial score (nSPS) is 24.0. The van der Waals surface area contributed by atoms with E-state index < -0.39 is 10.0 Å². The molecule has 0 amide bonds. The van der Waals surface area contributed by atoms with Gasteiger partial charge in [-0.05, 0) is 57.8 Å². The van der Waals surface area contributed by atoms with E-state index in [1.165, 1.54) is 64.4 Å². The molecule has 0 unspecified atom stereocenters. The van der Waals surface area contributed by atoms with Gasteiger partial charge in [-0.25, -0.2) is 13.1 Å². The maximum absolute atomic E-state index is 11.0. The smallest absolute Gasteiger partial charge is 0.208 e. The van der Waals surface area contributed by atoms with Crippen molar-refractivity contribution in [1.29, 1.82) is 0 Å². The Morgan fingerprint density at radius 2 is 1.57 bits per heavy atom. The molecule has 0 atom stereocenters. The van der Waals surface area contributed by atoms with Gasteiger partial charge in [-0.1, -0.05) is 12.8 Å². The summed E-state index contributed by atoms with van der Waals surface area (Å²) in [7, 11) is -3.04. The second-order valence-electron chi connectivity index (χ2n) is 6.67. The molecule has 1 N–H and O–H groups in total. The summed E-state index contributed by atoms with van der Waals surface area (Å²) in [5.74, 6) is 0.835. The van der Waals surface area contributed by atoms with Gasteiger partial charge in [0.15, 0.2) is 0 Å². The first-order valence-electron chi connectivity index (χ1n) is 8.42. The molecule has 2 heterocycles. The van der Waals surface area contributed by atoms with Crippen molar-refractivity contribution in [3.8, 4) is 0 Å². The molecule has 2 rings (SSSR count). The highest BCUT2D eigenvalue weighted by Crippen LogP contribution is 2.20. The van der Waals surface area contributed by atoms with Crippen LogP contribution in [0, 0.1) is 5.92 Å². The Bertz CT molecular complexity index is 384.